The summed E-state index contributed by atoms with van der Waals surface area (Å²) in [5.74, 6) is -0.129. The van der Waals surface area contributed by atoms with Crippen molar-refractivity contribution in [3.05, 3.63) is 70.2 Å². The second kappa shape index (κ2) is 13.0. The van der Waals surface area contributed by atoms with E-state index in [1.165, 1.54) is 17.3 Å². The van der Waals surface area contributed by atoms with Gasteiger partial charge in [-0.2, -0.15) is 0 Å². The van der Waals surface area contributed by atoms with Gasteiger partial charge in [-0.3, -0.25) is 9.59 Å². The Kier molecular flexibility index (Phi) is 9.73. The third-order valence-electron chi connectivity index (χ3n) is 6.17. The number of benzene rings is 2. The zero-order valence-corrected chi connectivity index (χ0v) is 22.3. The van der Waals surface area contributed by atoms with Crippen molar-refractivity contribution in [1.82, 2.24) is 10.2 Å². The van der Waals surface area contributed by atoms with Crippen LogP contribution in [0.1, 0.15) is 30.4 Å². The van der Waals surface area contributed by atoms with Crippen LogP contribution < -0.4 is 5.32 Å². The number of nitrogens with zero attached hydrogens (tertiary/aromatic N) is 1. The van der Waals surface area contributed by atoms with Crippen molar-refractivity contribution in [3.8, 4) is 0 Å². The van der Waals surface area contributed by atoms with Crippen molar-refractivity contribution in [2.75, 3.05) is 32.8 Å². The van der Waals surface area contributed by atoms with Gasteiger partial charge in [0.1, 0.15) is 5.44 Å². The summed E-state index contributed by atoms with van der Waals surface area (Å²) in [7, 11) is 0. The fraction of sp³-hybridized carbons (Fsp3) is 0.407. The molecule has 2 fully saturated rings. The molecular formula is C27H30Cl2N2O4S. The molecule has 2 saturated heterocycles. The Morgan fingerprint density at radius 3 is 2.69 bits per heavy atom. The van der Waals surface area contributed by atoms with Crippen molar-refractivity contribution in [2.24, 2.45) is 0 Å². The largest absolute Gasteiger partial charge is 0.375 e. The van der Waals surface area contributed by atoms with Gasteiger partial charge in [0.05, 0.1) is 29.4 Å². The van der Waals surface area contributed by atoms with Gasteiger partial charge < -0.3 is 19.7 Å². The Balaban J connectivity index is 1.30. The first-order valence-corrected chi connectivity index (χ1v) is 13.7. The average molecular weight is 550 g/mol. The van der Waals surface area contributed by atoms with Gasteiger partial charge >= 0.3 is 0 Å². The van der Waals surface area contributed by atoms with Crippen molar-refractivity contribution in [2.45, 2.75) is 42.1 Å². The van der Waals surface area contributed by atoms with E-state index in [0.717, 1.165) is 24.3 Å². The molecule has 2 heterocycles. The monoisotopic (exact) mass is 548 g/mol. The Morgan fingerprint density at radius 2 is 1.94 bits per heavy atom. The minimum atomic E-state index is -0.311. The first kappa shape index (κ1) is 27.0. The molecule has 2 aromatic rings. The molecule has 0 radical (unpaired) electrons. The van der Waals surface area contributed by atoms with Crippen LogP contribution in [0.5, 0.6) is 0 Å². The fourth-order valence-electron chi connectivity index (χ4n) is 4.27. The summed E-state index contributed by atoms with van der Waals surface area (Å²) >= 11 is 14.6. The Labute approximate surface area is 226 Å². The van der Waals surface area contributed by atoms with E-state index in [9.17, 15) is 9.59 Å². The van der Waals surface area contributed by atoms with E-state index in [2.05, 4.69) is 24.0 Å². The maximum absolute atomic E-state index is 12.6. The lowest BCUT2D eigenvalue weighted by Gasteiger charge is -2.30. The Hall–Kier alpha value is -2.03. The fourth-order valence-corrected chi connectivity index (χ4v) is 5.92. The number of carbonyl (C=O) groups is 2. The third kappa shape index (κ3) is 7.05. The van der Waals surface area contributed by atoms with Crippen molar-refractivity contribution in [1.29, 1.82) is 0 Å². The molecule has 2 aliphatic heterocycles. The number of thioether (sulfide) groups is 1. The van der Waals surface area contributed by atoms with Gasteiger partial charge in [-0.05, 0) is 24.5 Å². The molecular weight excluding hydrogens is 519 g/mol. The minimum absolute atomic E-state index is 0.0424. The first-order valence-electron chi connectivity index (χ1n) is 12.1. The predicted octanol–water partition coefficient (Wildman–Crippen LogP) is 5.21. The quantitative estimate of drug-likeness (QED) is 0.326. The van der Waals surface area contributed by atoms with Crippen LogP contribution in [0.2, 0.25) is 10.0 Å². The normalized spacial score (nSPS) is 19.9. The van der Waals surface area contributed by atoms with E-state index in [-0.39, 0.29) is 34.0 Å². The van der Waals surface area contributed by atoms with Crippen LogP contribution in [-0.2, 0) is 25.5 Å². The van der Waals surface area contributed by atoms with Crippen molar-refractivity contribution < 1.29 is 19.1 Å². The Bertz CT molecular complexity index is 1100. The zero-order valence-electron chi connectivity index (χ0n) is 20.0. The Morgan fingerprint density at radius 1 is 1.14 bits per heavy atom. The standard InChI is InChI=1S/C27H30Cl2N2O4S/c1-18(27(33)30-12-6-14-31-13-5-9-23(31)32)21-10-11-22(26(29)25(21)28)36-24-17-34-16-20(35-24)15-19-7-3-2-4-8-19/h2-4,7-8,10-11,20,24H,1,5-6,9,12-17H2,(H,30,33). The van der Waals surface area contributed by atoms with Gasteiger partial charge in [0, 0.05) is 48.5 Å². The molecule has 2 amide bonds. The molecule has 36 heavy (non-hydrogen) atoms. The molecule has 0 aromatic heterocycles. The van der Waals surface area contributed by atoms with Gasteiger partial charge in [-0.1, -0.05) is 77.9 Å². The third-order valence-corrected chi connectivity index (χ3v) is 8.27. The lowest BCUT2D eigenvalue weighted by molar-refractivity contribution is -0.127. The summed E-state index contributed by atoms with van der Waals surface area (Å²) < 4.78 is 12.0. The summed E-state index contributed by atoms with van der Waals surface area (Å²) in [6.45, 7) is 6.80. The van der Waals surface area contributed by atoms with E-state index < -0.39 is 0 Å². The summed E-state index contributed by atoms with van der Waals surface area (Å²) in [5, 5.41) is 3.49. The lowest BCUT2D eigenvalue weighted by Crippen LogP contribution is -2.35. The zero-order chi connectivity index (χ0) is 25.5. The van der Waals surface area contributed by atoms with Gasteiger partial charge in [0.25, 0.3) is 5.91 Å². The topological polar surface area (TPSA) is 67.9 Å². The van der Waals surface area contributed by atoms with E-state index in [1.807, 2.05) is 29.2 Å². The summed E-state index contributed by atoms with van der Waals surface area (Å²) in [5.41, 5.74) is 1.71. The van der Waals surface area contributed by atoms with Crippen LogP contribution in [0.15, 0.2) is 53.9 Å². The van der Waals surface area contributed by atoms with Crippen LogP contribution in [0, 0.1) is 0 Å². The van der Waals surface area contributed by atoms with Crippen LogP contribution in [0.4, 0.5) is 0 Å². The number of hydrogen-bond donors (Lipinski definition) is 1. The molecule has 6 nitrogen and oxygen atoms in total. The number of halogens is 2. The lowest BCUT2D eigenvalue weighted by atomic mass is 10.1. The van der Waals surface area contributed by atoms with Gasteiger partial charge in [0.15, 0.2) is 0 Å². The molecule has 0 bridgehead atoms. The number of hydrogen-bond acceptors (Lipinski definition) is 5. The number of rotatable bonds is 10. The van der Waals surface area contributed by atoms with E-state index >= 15 is 0 Å². The molecule has 4 rings (SSSR count). The molecule has 2 atom stereocenters. The second-order valence-electron chi connectivity index (χ2n) is 8.84. The van der Waals surface area contributed by atoms with Crippen LogP contribution in [0.25, 0.3) is 5.57 Å². The van der Waals surface area contributed by atoms with Crippen LogP contribution >= 0.6 is 35.0 Å². The minimum Gasteiger partial charge on any atom is -0.375 e. The average Bonchev–Trinajstić information content (AvgIpc) is 3.29. The number of likely N-dealkylation sites (tertiary alicyclic amines) is 1. The maximum Gasteiger partial charge on any atom is 0.251 e. The van der Waals surface area contributed by atoms with E-state index in [4.69, 9.17) is 32.7 Å². The first-order chi connectivity index (χ1) is 17.4. The van der Waals surface area contributed by atoms with Gasteiger partial charge in [-0.15, -0.1) is 0 Å². The number of nitrogens with one attached hydrogen (secondary N) is 1. The van der Waals surface area contributed by atoms with Crippen LogP contribution in [-0.4, -0.2) is 61.1 Å². The number of carbonyl (C=O) groups excluding carboxylic acids is 2. The molecule has 9 heteroatoms. The van der Waals surface area contributed by atoms with E-state index in [0.29, 0.717) is 49.7 Å². The smallest absolute Gasteiger partial charge is 0.251 e. The predicted molar refractivity (Wildman–Crippen MR) is 144 cm³/mol. The SMILES string of the molecule is C=C(C(=O)NCCCN1CCCC1=O)c1ccc(SC2COCC(Cc3ccccc3)O2)c(Cl)c1Cl. The molecule has 0 aliphatic carbocycles. The molecule has 1 N–H and O–H groups in total. The maximum atomic E-state index is 12.6. The van der Waals surface area contributed by atoms with Gasteiger partial charge in [-0.25, -0.2) is 0 Å². The van der Waals surface area contributed by atoms with Crippen LogP contribution in [0.3, 0.4) is 0 Å². The van der Waals surface area contributed by atoms with Gasteiger partial charge in [0.2, 0.25) is 5.91 Å². The molecule has 0 spiro atoms. The number of amides is 2. The molecule has 192 valence electrons. The molecule has 0 saturated carbocycles. The molecule has 2 aromatic carbocycles. The van der Waals surface area contributed by atoms with Crippen molar-refractivity contribution in [3.63, 3.8) is 0 Å². The molecule has 2 unspecified atom stereocenters. The number of ether oxygens (including phenoxy) is 2. The second-order valence-corrected chi connectivity index (χ2v) is 10.8. The summed E-state index contributed by atoms with van der Waals surface area (Å²) in [6.07, 6.45) is 2.94. The summed E-state index contributed by atoms with van der Waals surface area (Å²) in [4.78, 5) is 26.9. The summed E-state index contributed by atoms with van der Waals surface area (Å²) in [6, 6.07) is 13.8. The highest BCUT2D eigenvalue weighted by Crippen LogP contribution is 2.40. The molecule has 2 aliphatic rings. The highest BCUT2D eigenvalue weighted by atomic mass is 35.5. The van der Waals surface area contributed by atoms with Crippen molar-refractivity contribution >= 4 is 52.4 Å². The van der Waals surface area contributed by atoms with E-state index in [1.54, 1.807) is 6.07 Å². The highest BCUT2D eigenvalue weighted by molar-refractivity contribution is 8.00. The highest BCUT2D eigenvalue weighted by Gasteiger charge is 2.26.